The monoisotopic (exact) mass is 421 g/mol. The number of hydrogen-bond acceptors (Lipinski definition) is 4. The molecule has 3 rings (SSSR count). The fourth-order valence-electron chi connectivity index (χ4n) is 3.34. The first-order valence-electron chi connectivity index (χ1n) is 9.84. The molecule has 1 heterocycles. The van der Waals surface area contributed by atoms with E-state index in [1.54, 1.807) is 12.1 Å². The molecule has 0 aromatic heterocycles. The van der Waals surface area contributed by atoms with Crippen LogP contribution in [0.4, 0.5) is 4.39 Å². The summed E-state index contributed by atoms with van der Waals surface area (Å²) in [7, 11) is 0. The lowest BCUT2D eigenvalue weighted by Gasteiger charge is -2.36. The van der Waals surface area contributed by atoms with Crippen LogP contribution < -0.4 is 15.4 Å². The van der Waals surface area contributed by atoms with Crippen molar-refractivity contribution in [2.45, 2.75) is 25.9 Å². The first-order chi connectivity index (χ1) is 13.7. The molecule has 29 heavy (non-hydrogen) atoms. The zero-order chi connectivity index (χ0) is 19.8. The Labute approximate surface area is 178 Å². The summed E-state index contributed by atoms with van der Waals surface area (Å²) < 4.78 is 19.2. The van der Waals surface area contributed by atoms with E-state index in [4.69, 9.17) is 4.74 Å². The molecule has 158 valence electrons. The van der Waals surface area contributed by atoms with Crippen LogP contribution in [0.1, 0.15) is 30.5 Å². The number of rotatable bonds is 8. The van der Waals surface area contributed by atoms with Gasteiger partial charge < -0.3 is 15.4 Å². The highest BCUT2D eigenvalue weighted by atomic mass is 35.5. The first-order valence-corrected chi connectivity index (χ1v) is 9.84. The quantitative estimate of drug-likeness (QED) is 0.686. The number of nitrogens with one attached hydrogen (secondary N) is 2. The maximum absolute atomic E-state index is 13.6. The summed E-state index contributed by atoms with van der Waals surface area (Å²) in [4.78, 5) is 14.6. The van der Waals surface area contributed by atoms with Crippen LogP contribution in [-0.2, 0) is 11.3 Å². The molecule has 1 fully saturated rings. The van der Waals surface area contributed by atoms with E-state index in [0.717, 1.165) is 36.4 Å². The van der Waals surface area contributed by atoms with E-state index in [1.807, 2.05) is 30.3 Å². The highest BCUT2D eigenvalue weighted by molar-refractivity contribution is 5.85. The molecule has 0 bridgehead atoms. The lowest BCUT2D eigenvalue weighted by Crippen LogP contribution is -2.49. The van der Waals surface area contributed by atoms with Gasteiger partial charge in [-0.15, -0.1) is 12.4 Å². The van der Waals surface area contributed by atoms with Crippen LogP contribution in [-0.4, -0.2) is 43.6 Å². The zero-order valence-electron chi connectivity index (χ0n) is 16.7. The van der Waals surface area contributed by atoms with Gasteiger partial charge in [-0.1, -0.05) is 31.2 Å². The van der Waals surface area contributed by atoms with Crippen molar-refractivity contribution in [3.05, 3.63) is 65.5 Å². The largest absolute Gasteiger partial charge is 0.494 e. The maximum atomic E-state index is 13.6. The minimum atomic E-state index is -0.251. The van der Waals surface area contributed by atoms with Gasteiger partial charge in [0, 0.05) is 32.2 Å². The molecule has 0 radical (unpaired) electrons. The lowest BCUT2D eigenvalue weighted by molar-refractivity contribution is -0.123. The predicted molar refractivity (Wildman–Crippen MR) is 115 cm³/mol. The van der Waals surface area contributed by atoms with Crippen LogP contribution in [0.3, 0.4) is 0 Å². The second kappa shape index (κ2) is 11.8. The third kappa shape index (κ3) is 6.99. The van der Waals surface area contributed by atoms with Crippen molar-refractivity contribution in [1.29, 1.82) is 0 Å². The molecule has 1 saturated heterocycles. The summed E-state index contributed by atoms with van der Waals surface area (Å²) in [5.74, 6) is 0.559. The van der Waals surface area contributed by atoms with Gasteiger partial charge in [0.15, 0.2) is 0 Å². The highest BCUT2D eigenvalue weighted by Gasteiger charge is 2.25. The molecule has 0 spiro atoms. The number of carbonyl (C=O) groups excluding carboxylic acids is 1. The molecule has 1 unspecified atom stereocenters. The van der Waals surface area contributed by atoms with Gasteiger partial charge >= 0.3 is 0 Å². The molecule has 2 aromatic rings. The number of carbonyl (C=O) groups is 1. The Hall–Kier alpha value is -2.15. The Bertz CT molecular complexity index is 773. The smallest absolute Gasteiger partial charge is 0.234 e. The van der Waals surface area contributed by atoms with E-state index in [2.05, 4.69) is 22.5 Å². The van der Waals surface area contributed by atoms with E-state index in [1.165, 1.54) is 6.07 Å². The number of hydrogen-bond donors (Lipinski definition) is 2. The molecule has 0 saturated carbocycles. The van der Waals surface area contributed by atoms with E-state index in [0.29, 0.717) is 26.2 Å². The molecule has 2 N–H and O–H groups in total. The van der Waals surface area contributed by atoms with Crippen molar-refractivity contribution in [3.63, 3.8) is 0 Å². The maximum Gasteiger partial charge on any atom is 0.234 e. The third-order valence-corrected chi connectivity index (χ3v) is 4.82. The summed E-state index contributed by atoms with van der Waals surface area (Å²) in [6.45, 7) is 5.81. The fraction of sp³-hybridized carbons (Fsp3) is 0.409. The average Bonchev–Trinajstić information content (AvgIpc) is 2.72. The van der Waals surface area contributed by atoms with Crippen molar-refractivity contribution in [2.24, 2.45) is 0 Å². The van der Waals surface area contributed by atoms with Crippen LogP contribution in [0, 0.1) is 5.82 Å². The fourth-order valence-corrected chi connectivity index (χ4v) is 3.34. The van der Waals surface area contributed by atoms with Crippen LogP contribution in [0.25, 0.3) is 0 Å². The van der Waals surface area contributed by atoms with Crippen molar-refractivity contribution in [2.75, 3.05) is 32.8 Å². The predicted octanol–water partition coefficient (Wildman–Crippen LogP) is 3.30. The standard InChI is InChI=1S/C22H28FN3O2.ClH/c1-2-12-28-20-8-6-17(7-9-20)14-25-22(27)16-26-11-10-24-15-21(26)18-4-3-5-19(23)13-18;/h3-9,13,21,24H,2,10-12,14-16H2,1H3,(H,25,27);1H. The summed E-state index contributed by atoms with van der Waals surface area (Å²) in [6, 6.07) is 14.4. The van der Waals surface area contributed by atoms with Crippen LogP contribution in [0.2, 0.25) is 0 Å². The van der Waals surface area contributed by atoms with Gasteiger partial charge in [-0.25, -0.2) is 4.39 Å². The SMILES string of the molecule is CCCOc1ccc(CNC(=O)CN2CCNCC2c2cccc(F)c2)cc1.Cl. The molecule has 7 heteroatoms. The third-order valence-electron chi connectivity index (χ3n) is 4.82. The number of benzene rings is 2. The molecule has 1 atom stereocenters. The Morgan fingerprint density at radius 1 is 1.28 bits per heavy atom. The number of halogens is 2. The lowest BCUT2D eigenvalue weighted by atomic mass is 10.0. The number of amides is 1. The Balaban J connectivity index is 0.00000300. The van der Waals surface area contributed by atoms with Gasteiger partial charge in [0.2, 0.25) is 5.91 Å². The van der Waals surface area contributed by atoms with E-state index >= 15 is 0 Å². The number of ether oxygens (including phenoxy) is 1. The molecule has 5 nitrogen and oxygen atoms in total. The number of piperazine rings is 1. The molecule has 1 aliphatic heterocycles. The van der Waals surface area contributed by atoms with Crippen LogP contribution in [0.5, 0.6) is 5.75 Å². The molecule has 1 amide bonds. The van der Waals surface area contributed by atoms with Crippen molar-refractivity contribution < 1.29 is 13.9 Å². The zero-order valence-corrected chi connectivity index (χ0v) is 17.5. The van der Waals surface area contributed by atoms with Gasteiger partial charge in [-0.3, -0.25) is 9.69 Å². The second-order valence-electron chi connectivity index (χ2n) is 7.01. The van der Waals surface area contributed by atoms with E-state index in [9.17, 15) is 9.18 Å². The summed E-state index contributed by atoms with van der Waals surface area (Å²) in [5.41, 5.74) is 1.92. The summed E-state index contributed by atoms with van der Waals surface area (Å²) >= 11 is 0. The molecule has 2 aromatic carbocycles. The molecular weight excluding hydrogens is 393 g/mol. The van der Waals surface area contributed by atoms with Crippen molar-refractivity contribution in [3.8, 4) is 5.75 Å². The molecule has 0 aliphatic carbocycles. The Kier molecular flexibility index (Phi) is 9.38. The van der Waals surface area contributed by atoms with Crippen molar-refractivity contribution in [1.82, 2.24) is 15.5 Å². The minimum Gasteiger partial charge on any atom is -0.494 e. The second-order valence-corrected chi connectivity index (χ2v) is 7.01. The van der Waals surface area contributed by atoms with Gasteiger partial charge in [0.1, 0.15) is 11.6 Å². The molecular formula is C22H29ClFN3O2. The minimum absolute atomic E-state index is 0. The Morgan fingerprint density at radius 3 is 2.79 bits per heavy atom. The average molecular weight is 422 g/mol. The highest BCUT2D eigenvalue weighted by Crippen LogP contribution is 2.22. The topological polar surface area (TPSA) is 53.6 Å². The Morgan fingerprint density at radius 2 is 2.07 bits per heavy atom. The van der Waals surface area contributed by atoms with Gasteiger partial charge in [0.05, 0.1) is 13.2 Å². The van der Waals surface area contributed by atoms with Gasteiger partial charge in [-0.2, -0.15) is 0 Å². The van der Waals surface area contributed by atoms with Crippen molar-refractivity contribution >= 4 is 18.3 Å². The van der Waals surface area contributed by atoms with Gasteiger partial charge in [-0.05, 0) is 41.8 Å². The van der Waals surface area contributed by atoms with Gasteiger partial charge in [0.25, 0.3) is 0 Å². The van der Waals surface area contributed by atoms with Crippen LogP contribution >= 0.6 is 12.4 Å². The van der Waals surface area contributed by atoms with E-state index < -0.39 is 0 Å². The summed E-state index contributed by atoms with van der Waals surface area (Å²) in [5, 5.41) is 6.30. The number of nitrogens with zero attached hydrogens (tertiary/aromatic N) is 1. The van der Waals surface area contributed by atoms with Crippen LogP contribution in [0.15, 0.2) is 48.5 Å². The van der Waals surface area contributed by atoms with E-state index in [-0.39, 0.29) is 30.2 Å². The summed E-state index contributed by atoms with van der Waals surface area (Å²) in [6.07, 6.45) is 0.973. The normalized spacial score (nSPS) is 16.7. The first kappa shape index (κ1) is 23.1. The molecule has 1 aliphatic rings.